The predicted molar refractivity (Wildman–Crippen MR) is 94.4 cm³/mol. The van der Waals surface area contributed by atoms with Gasteiger partial charge in [0.25, 0.3) is 0 Å². The van der Waals surface area contributed by atoms with Crippen LogP contribution in [0.2, 0.25) is 0 Å². The van der Waals surface area contributed by atoms with E-state index in [1.165, 1.54) is 19.2 Å². The first-order valence-electron chi connectivity index (χ1n) is 7.69. The quantitative estimate of drug-likeness (QED) is 0.787. The molecule has 0 unspecified atom stereocenters. The molecule has 2 N–H and O–H groups in total. The van der Waals surface area contributed by atoms with E-state index in [9.17, 15) is 18.3 Å². The van der Waals surface area contributed by atoms with Crippen molar-refractivity contribution in [1.82, 2.24) is 4.72 Å². The van der Waals surface area contributed by atoms with Crippen LogP contribution in [0.25, 0.3) is 0 Å². The molecular weight excluding hydrogens is 342 g/mol. The first-order valence-corrected chi connectivity index (χ1v) is 9.17. The highest BCUT2D eigenvalue weighted by Gasteiger charge is 2.26. The number of methoxy groups -OCH3 is 1. The van der Waals surface area contributed by atoms with Gasteiger partial charge in [0.1, 0.15) is 11.8 Å². The van der Waals surface area contributed by atoms with Crippen LogP contribution in [-0.2, 0) is 21.2 Å². The number of aryl methyl sites for hydroxylation is 2. The number of aliphatic carboxylic acids is 1. The molecule has 0 saturated carbocycles. The molecule has 0 bridgehead atoms. The summed E-state index contributed by atoms with van der Waals surface area (Å²) in [7, 11) is -2.47. The van der Waals surface area contributed by atoms with E-state index in [-0.39, 0.29) is 11.3 Å². The van der Waals surface area contributed by atoms with Crippen molar-refractivity contribution in [1.29, 1.82) is 0 Å². The summed E-state index contributed by atoms with van der Waals surface area (Å²) in [5.74, 6) is -0.618. The van der Waals surface area contributed by atoms with Gasteiger partial charge >= 0.3 is 5.97 Å². The smallest absolute Gasteiger partial charge is 0.322 e. The zero-order valence-electron chi connectivity index (χ0n) is 14.3. The Hall–Kier alpha value is -2.38. The van der Waals surface area contributed by atoms with Gasteiger partial charge in [0, 0.05) is 0 Å². The minimum Gasteiger partial charge on any atom is -0.496 e. The number of hydrogen-bond donors (Lipinski definition) is 2. The van der Waals surface area contributed by atoms with Crippen LogP contribution in [0.1, 0.15) is 16.7 Å². The van der Waals surface area contributed by atoms with Gasteiger partial charge in [-0.25, -0.2) is 8.42 Å². The lowest BCUT2D eigenvalue weighted by Crippen LogP contribution is -2.42. The third kappa shape index (κ3) is 4.58. The van der Waals surface area contributed by atoms with Crippen LogP contribution in [0, 0.1) is 13.8 Å². The molecule has 25 heavy (non-hydrogen) atoms. The van der Waals surface area contributed by atoms with E-state index in [1.807, 2.05) is 6.07 Å². The molecule has 0 spiro atoms. The molecule has 134 valence electrons. The Labute approximate surface area is 147 Å². The van der Waals surface area contributed by atoms with E-state index >= 15 is 0 Å². The molecule has 0 saturated heterocycles. The van der Waals surface area contributed by atoms with Gasteiger partial charge in [-0.2, -0.15) is 4.72 Å². The summed E-state index contributed by atoms with van der Waals surface area (Å²) in [6, 6.07) is 10.6. The highest BCUT2D eigenvalue weighted by atomic mass is 32.2. The second kappa shape index (κ2) is 7.67. The summed E-state index contributed by atoms with van der Waals surface area (Å²) < 4.78 is 32.8. The number of sulfonamides is 1. The number of carboxylic acid groups (broad SMARTS) is 1. The lowest BCUT2D eigenvalue weighted by Gasteiger charge is -2.17. The zero-order chi connectivity index (χ0) is 18.6. The van der Waals surface area contributed by atoms with Crippen LogP contribution in [0.15, 0.2) is 47.4 Å². The molecule has 6 nitrogen and oxygen atoms in total. The van der Waals surface area contributed by atoms with Crippen molar-refractivity contribution in [2.24, 2.45) is 0 Å². The van der Waals surface area contributed by atoms with Gasteiger partial charge in [0.15, 0.2) is 0 Å². The van der Waals surface area contributed by atoms with Gasteiger partial charge in [0.05, 0.1) is 12.0 Å². The molecule has 2 rings (SSSR count). The minimum absolute atomic E-state index is 0.0163. The summed E-state index contributed by atoms with van der Waals surface area (Å²) in [6.07, 6.45) is 0.0590. The van der Waals surface area contributed by atoms with Crippen molar-refractivity contribution in [2.75, 3.05) is 7.11 Å². The Bertz CT molecular complexity index is 839. The van der Waals surface area contributed by atoms with Crippen LogP contribution in [0.5, 0.6) is 5.75 Å². The first-order chi connectivity index (χ1) is 11.7. The largest absolute Gasteiger partial charge is 0.496 e. The molecular formula is C18H21NO5S. The molecule has 2 aromatic rings. The molecule has 0 fully saturated rings. The fourth-order valence-corrected chi connectivity index (χ4v) is 4.03. The number of benzene rings is 2. The fraction of sp³-hybridized carbons (Fsp3) is 0.278. The van der Waals surface area contributed by atoms with E-state index in [2.05, 4.69) is 4.72 Å². The SMILES string of the molecule is COc1c(C)cc(S(=O)(=O)N[C@@H](Cc2ccccc2)C(=O)O)cc1C. The van der Waals surface area contributed by atoms with E-state index in [0.29, 0.717) is 16.9 Å². The van der Waals surface area contributed by atoms with E-state index in [0.717, 1.165) is 5.56 Å². The summed E-state index contributed by atoms with van der Waals surface area (Å²) in [5, 5.41) is 9.39. The third-order valence-electron chi connectivity index (χ3n) is 3.83. The topological polar surface area (TPSA) is 92.7 Å². The lowest BCUT2D eigenvalue weighted by molar-refractivity contribution is -0.138. The van der Waals surface area contributed by atoms with Crippen LogP contribution in [0.4, 0.5) is 0 Å². The summed E-state index contributed by atoms with van der Waals surface area (Å²) in [6.45, 7) is 3.48. The molecule has 0 radical (unpaired) electrons. The van der Waals surface area contributed by atoms with Gasteiger partial charge in [-0.05, 0) is 49.1 Å². The lowest BCUT2D eigenvalue weighted by atomic mass is 10.1. The second-order valence-electron chi connectivity index (χ2n) is 5.79. The summed E-state index contributed by atoms with van der Waals surface area (Å²) in [4.78, 5) is 11.5. The van der Waals surface area contributed by atoms with Crippen molar-refractivity contribution >= 4 is 16.0 Å². The fourth-order valence-electron chi connectivity index (χ4n) is 2.67. The number of rotatable bonds is 7. The maximum absolute atomic E-state index is 12.6. The number of carbonyl (C=O) groups is 1. The van der Waals surface area contributed by atoms with E-state index in [4.69, 9.17) is 4.74 Å². The molecule has 1 atom stereocenters. The van der Waals surface area contributed by atoms with Gasteiger partial charge in [-0.3, -0.25) is 4.79 Å². The van der Waals surface area contributed by atoms with Crippen LogP contribution in [0.3, 0.4) is 0 Å². The molecule has 0 amide bonds. The molecule has 0 aromatic heterocycles. The third-order valence-corrected chi connectivity index (χ3v) is 5.28. The maximum Gasteiger partial charge on any atom is 0.322 e. The van der Waals surface area contributed by atoms with Crippen molar-refractivity contribution in [3.63, 3.8) is 0 Å². The highest BCUT2D eigenvalue weighted by molar-refractivity contribution is 7.89. The predicted octanol–water partition coefficient (Wildman–Crippen LogP) is 2.29. The van der Waals surface area contributed by atoms with Gasteiger partial charge in [-0.15, -0.1) is 0 Å². The highest BCUT2D eigenvalue weighted by Crippen LogP contribution is 2.26. The van der Waals surface area contributed by atoms with Crippen molar-refractivity contribution in [2.45, 2.75) is 31.2 Å². The number of hydrogen-bond acceptors (Lipinski definition) is 4. The van der Waals surface area contributed by atoms with Gasteiger partial charge in [-0.1, -0.05) is 30.3 Å². The molecule has 0 aliphatic heterocycles. The summed E-state index contributed by atoms with van der Waals surface area (Å²) >= 11 is 0. The second-order valence-corrected chi connectivity index (χ2v) is 7.51. The van der Waals surface area contributed by atoms with Crippen LogP contribution >= 0.6 is 0 Å². The summed E-state index contributed by atoms with van der Waals surface area (Å²) in [5.41, 5.74) is 2.07. The number of ether oxygens (including phenoxy) is 1. The Morgan fingerprint density at radius 3 is 2.20 bits per heavy atom. The van der Waals surface area contributed by atoms with Crippen molar-refractivity contribution in [3.05, 3.63) is 59.2 Å². The van der Waals surface area contributed by atoms with Crippen molar-refractivity contribution < 1.29 is 23.1 Å². The zero-order valence-corrected chi connectivity index (χ0v) is 15.1. The molecule has 0 aliphatic rings. The van der Waals surface area contributed by atoms with E-state index in [1.54, 1.807) is 38.1 Å². The average molecular weight is 363 g/mol. The molecule has 0 heterocycles. The minimum atomic E-state index is -3.98. The average Bonchev–Trinajstić information content (AvgIpc) is 2.54. The molecule has 7 heteroatoms. The number of carboxylic acids is 1. The molecule has 0 aliphatic carbocycles. The van der Waals surface area contributed by atoms with Gasteiger partial charge in [0.2, 0.25) is 10.0 Å². The van der Waals surface area contributed by atoms with Crippen molar-refractivity contribution in [3.8, 4) is 5.75 Å². The molecule has 2 aromatic carbocycles. The normalized spacial score (nSPS) is 12.6. The Morgan fingerprint density at radius 2 is 1.72 bits per heavy atom. The van der Waals surface area contributed by atoms with Gasteiger partial charge < -0.3 is 9.84 Å². The maximum atomic E-state index is 12.6. The van der Waals surface area contributed by atoms with Crippen LogP contribution < -0.4 is 9.46 Å². The Balaban J connectivity index is 2.30. The first kappa shape index (κ1) is 19.0. The van der Waals surface area contributed by atoms with Crippen LogP contribution in [-0.4, -0.2) is 32.6 Å². The standard InChI is InChI=1S/C18H21NO5S/c1-12-9-15(10-13(2)17(12)24-3)25(22,23)19-16(18(20)21)11-14-7-5-4-6-8-14/h4-10,16,19H,11H2,1-3H3,(H,20,21)/t16-/m0/s1. The Kier molecular flexibility index (Phi) is 5.81. The van der Waals surface area contributed by atoms with E-state index < -0.39 is 22.0 Å². The number of nitrogens with one attached hydrogen (secondary N) is 1. The Morgan fingerprint density at radius 1 is 1.16 bits per heavy atom. The monoisotopic (exact) mass is 363 g/mol.